The minimum absolute atomic E-state index is 0.164. The van der Waals surface area contributed by atoms with Crippen molar-refractivity contribution in [2.24, 2.45) is 0 Å². The Morgan fingerprint density at radius 2 is 2.20 bits per heavy atom. The minimum Gasteiger partial charge on any atom is -0.306 e. The predicted molar refractivity (Wildman–Crippen MR) is 38.7 cm³/mol. The van der Waals surface area contributed by atoms with Gasteiger partial charge in [0.2, 0.25) is 0 Å². The Morgan fingerprint density at radius 1 is 1.40 bits per heavy atom. The van der Waals surface area contributed by atoms with Gasteiger partial charge in [-0.2, -0.15) is 0 Å². The molecule has 0 aromatic rings. The number of hydrogen-bond acceptors (Lipinski definition) is 1. The first-order chi connectivity index (χ1) is 4.71. The van der Waals surface area contributed by atoms with Crippen LogP contribution in [-0.4, -0.2) is 17.8 Å². The Labute approximate surface area is 61.0 Å². The van der Waals surface area contributed by atoms with E-state index >= 15 is 0 Å². The van der Waals surface area contributed by atoms with Crippen molar-refractivity contribution in [1.29, 1.82) is 0 Å². The maximum Gasteiger partial charge on any atom is 0.118 e. The van der Waals surface area contributed by atoms with Crippen LogP contribution >= 0.6 is 0 Å². The average Bonchev–Trinajstić information content (AvgIpc) is 2.22. The van der Waals surface area contributed by atoms with Gasteiger partial charge in [-0.25, -0.2) is 4.39 Å². The number of piperidine rings is 1. The van der Waals surface area contributed by atoms with Gasteiger partial charge in [-0.05, 0) is 32.6 Å². The van der Waals surface area contributed by atoms with Crippen LogP contribution in [0.5, 0.6) is 0 Å². The van der Waals surface area contributed by atoms with Crippen molar-refractivity contribution >= 4 is 0 Å². The van der Waals surface area contributed by atoms with Gasteiger partial charge in [-0.15, -0.1) is 0 Å². The highest BCUT2D eigenvalue weighted by Gasteiger charge is 2.44. The normalized spacial score (nSPS) is 53.4. The van der Waals surface area contributed by atoms with E-state index in [-0.39, 0.29) is 5.54 Å². The molecule has 10 heavy (non-hydrogen) atoms. The van der Waals surface area contributed by atoms with Crippen LogP contribution < -0.4 is 5.32 Å². The van der Waals surface area contributed by atoms with Gasteiger partial charge in [0.1, 0.15) is 6.17 Å². The molecule has 0 aromatic carbocycles. The summed E-state index contributed by atoms with van der Waals surface area (Å²) < 4.78 is 13.2. The van der Waals surface area contributed by atoms with E-state index in [0.29, 0.717) is 6.04 Å². The third-order valence-corrected chi connectivity index (χ3v) is 3.01. The average molecular weight is 143 g/mol. The van der Waals surface area contributed by atoms with Crippen LogP contribution in [0.2, 0.25) is 0 Å². The summed E-state index contributed by atoms with van der Waals surface area (Å²) in [6.07, 6.45) is 3.41. The third-order valence-electron chi connectivity index (χ3n) is 3.01. The van der Waals surface area contributed by atoms with Gasteiger partial charge in [-0.3, -0.25) is 0 Å². The zero-order valence-electron chi connectivity index (χ0n) is 6.36. The Morgan fingerprint density at radius 3 is 2.90 bits per heavy atom. The molecule has 0 aliphatic carbocycles. The summed E-state index contributed by atoms with van der Waals surface area (Å²) in [6.45, 7) is 2.01. The fraction of sp³-hybridized carbons (Fsp3) is 1.00. The van der Waals surface area contributed by atoms with Gasteiger partial charge in [0.25, 0.3) is 0 Å². The van der Waals surface area contributed by atoms with E-state index in [2.05, 4.69) is 5.32 Å². The monoisotopic (exact) mass is 143 g/mol. The molecule has 2 saturated heterocycles. The second-order valence-corrected chi connectivity index (χ2v) is 3.84. The van der Waals surface area contributed by atoms with E-state index in [1.807, 2.05) is 6.92 Å². The first-order valence-electron chi connectivity index (χ1n) is 4.12. The summed E-state index contributed by atoms with van der Waals surface area (Å²) in [5.41, 5.74) is -0.164. The first kappa shape index (κ1) is 6.59. The molecule has 0 unspecified atom stereocenters. The van der Waals surface area contributed by atoms with E-state index < -0.39 is 6.17 Å². The zero-order valence-corrected chi connectivity index (χ0v) is 6.36. The van der Waals surface area contributed by atoms with Crippen molar-refractivity contribution < 1.29 is 4.39 Å². The first-order valence-corrected chi connectivity index (χ1v) is 4.12. The number of fused-ring (bicyclic) bond motifs is 2. The highest BCUT2D eigenvalue weighted by molar-refractivity contribution is 5.03. The largest absolute Gasteiger partial charge is 0.306 e. The summed E-state index contributed by atoms with van der Waals surface area (Å²) in [5.74, 6) is 0. The van der Waals surface area contributed by atoms with Crippen molar-refractivity contribution in [1.82, 2.24) is 5.32 Å². The van der Waals surface area contributed by atoms with Gasteiger partial charge in [0, 0.05) is 11.6 Å². The second-order valence-electron chi connectivity index (χ2n) is 3.84. The van der Waals surface area contributed by atoms with Gasteiger partial charge >= 0.3 is 0 Å². The lowest BCUT2D eigenvalue weighted by atomic mass is 9.91. The molecule has 2 bridgehead atoms. The molecular formula is C8H14FN. The maximum atomic E-state index is 13.2. The van der Waals surface area contributed by atoms with Crippen LogP contribution in [0, 0.1) is 0 Å². The number of halogens is 1. The van der Waals surface area contributed by atoms with Crippen LogP contribution in [0.15, 0.2) is 0 Å². The molecule has 0 radical (unpaired) electrons. The topological polar surface area (TPSA) is 12.0 Å². The van der Waals surface area contributed by atoms with E-state index in [4.69, 9.17) is 0 Å². The summed E-state index contributed by atoms with van der Waals surface area (Å²) >= 11 is 0. The molecule has 0 saturated carbocycles. The molecule has 1 nitrogen and oxygen atoms in total. The van der Waals surface area contributed by atoms with Crippen molar-refractivity contribution in [2.45, 2.75) is 50.4 Å². The molecule has 0 amide bonds. The molecular weight excluding hydrogens is 129 g/mol. The molecule has 0 aromatic heterocycles. The predicted octanol–water partition coefficient (Wildman–Crippen LogP) is 1.63. The summed E-state index contributed by atoms with van der Waals surface area (Å²) in [6, 6.07) is 0.622. The molecule has 3 atom stereocenters. The fourth-order valence-electron chi connectivity index (χ4n) is 2.21. The van der Waals surface area contributed by atoms with Gasteiger partial charge < -0.3 is 5.32 Å². The lowest BCUT2D eigenvalue weighted by Crippen LogP contribution is -2.51. The molecule has 1 N–H and O–H groups in total. The summed E-state index contributed by atoms with van der Waals surface area (Å²) in [4.78, 5) is 0. The zero-order chi connectivity index (χ0) is 7.19. The van der Waals surface area contributed by atoms with Gasteiger partial charge in [0.05, 0.1) is 0 Å². The number of alkyl halides is 1. The fourth-order valence-corrected chi connectivity index (χ4v) is 2.21. The van der Waals surface area contributed by atoms with E-state index in [0.717, 1.165) is 19.3 Å². The lowest BCUT2D eigenvalue weighted by Gasteiger charge is -2.34. The number of hydrogen-bond donors (Lipinski definition) is 1. The Hall–Kier alpha value is -0.110. The molecule has 2 fully saturated rings. The standard InChI is InChI=1S/C8H14FN/c1-8-5-4-6(10-8)2-3-7(8)9/h6-7,10H,2-5H2,1H3/t6-,7+,8-/m1/s1. The molecule has 0 spiro atoms. The van der Waals surface area contributed by atoms with Crippen LogP contribution in [0.25, 0.3) is 0 Å². The number of nitrogens with one attached hydrogen (secondary N) is 1. The van der Waals surface area contributed by atoms with Crippen molar-refractivity contribution in [2.75, 3.05) is 0 Å². The Bertz CT molecular complexity index is 146. The number of rotatable bonds is 0. The Balaban J connectivity index is 2.17. The van der Waals surface area contributed by atoms with E-state index in [1.54, 1.807) is 0 Å². The third kappa shape index (κ3) is 0.782. The van der Waals surface area contributed by atoms with Crippen molar-refractivity contribution in [3.05, 3.63) is 0 Å². The highest BCUT2D eigenvalue weighted by atomic mass is 19.1. The molecule has 2 aliphatic rings. The van der Waals surface area contributed by atoms with Crippen LogP contribution in [0.3, 0.4) is 0 Å². The van der Waals surface area contributed by atoms with Gasteiger partial charge in [-0.1, -0.05) is 0 Å². The molecule has 2 rings (SSSR count). The summed E-state index contributed by atoms with van der Waals surface area (Å²) in [7, 11) is 0. The minimum atomic E-state index is -0.605. The van der Waals surface area contributed by atoms with E-state index in [1.165, 1.54) is 6.42 Å². The maximum absolute atomic E-state index is 13.2. The van der Waals surface area contributed by atoms with Gasteiger partial charge in [0.15, 0.2) is 0 Å². The molecule has 2 heterocycles. The molecule has 58 valence electrons. The van der Waals surface area contributed by atoms with E-state index in [9.17, 15) is 4.39 Å². The van der Waals surface area contributed by atoms with Crippen LogP contribution in [-0.2, 0) is 0 Å². The smallest absolute Gasteiger partial charge is 0.118 e. The van der Waals surface area contributed by atoms with Crippen molar-refractivity contribution in [3.63, 3.8) is 0 Å². The van der Waals surface area contributed by atoms with Crippen LogP contribution in [0.4, 0.5) is 4.39 Å². The quantitative estimate of drug-likeness (QED) is 0.543. The van der Waals surface area contributed by atoms with Crippen LogP contribution in [0.1, 0.15) is 32.6 Å². The summed E-state index contributed by atoms with van der Waals surface area (Å²) in [5, 5.41) is 3.34. The van der Waals surface area contributed by atoms with Crippen molar-refractivity contribution in [3.8, 4) is 0 Å². The Kier molecular flexibility index (Phi) is 1.28. The molecule has 2 heteroatoms. The lowest BCUT2D eigenvalue weighted by molar-refractivity contribution is 0.136. The highest BCUT2D eigenvalue weighted by Crippen LogP contribution is 2.36. The second kappa shape index (κ2) is 1.94. The SMILES string of the molecule is C[C@@]12CC[C@@H](CC[C@@H]1F)N2. The molecule has 2 aliphatic heterocycles.